The molecule has 0 spiro atoms. The lowest BCUT2D eigenvalue weighted by Gasteiger charge is -2.04. The third kappa shape index (κ3) is 2.78. The summed E-state index contributed by atoms with van der Waals surface area (Å²) in [7, 11) is 1.64. The van der Waals surface area contributed by atoms with Crippen molar-refractivity contribution in [3.63, 3.8) is 0 Å². The van der Waals surface area contributed by atoms with E-state index >= 15 is 0 Å². The number of para-hydroxylation sites is 1. The van der Waals surface area contributed by atoms with Crippen LogP contribution in [0, 0.1) is 0 Å². The van der Waals surface area contributed by atoms with Crippen molar-refractivity contribution in [3.05, 3.63) is 58.6 Å². The zero-order valence-electron chi connectivity index (χ0n) is 12.0. The quantitative estimate of drug-likeness (QED) is 0.711. The number of ether oxygens (including phenoxy) is 1. The molecule has 0 saturated heterocycles. The second-order valence-corrected chi connectivity index (χ2v) is 5.30. The average molecular weight is 315 g/mol. The molecule has 0 amide bonds. The van der Waals surface area contributed by atoms with E-state index in [1.54, 1.807) is 25.5 Å². The number of hydrogen-bond donors (Lipinski definition) is 2. The Kier molecular flexibility index (Phi) is 4.02. The van der Waals surface area contributed by atoms with E-state index < -0.39 is 0 Å². The molecule has 4 nitrogen and oxygen atoms in total. The van der Waals surface area contributed by atoms with Gasteiger partial charge < -0.3 is 14.8 Å². The number of aromatic amines is 1. The Morgan fingerprint density at radius 3 is 2.91 bits per heavy atom. The number of fused-ring (bicyclic) bond motifs is 1. The fourth-order valence-electron chi connectivity index (χ4n) is 2.38. The van der Waals surface area contributed by atoms with Gasteiger partial charge in [0.15, 0.2) is 5.88 Å². The van der Waals surface area contributed by atoms with Crippen molar-refractivity contribution in [1.82, 2.24) is 4.98 Å². The summed E-state index contributed by atoms with van der Waals surface area (Å²) in [5.74, 6) is 0.885. The molecule has 0 unspecified atom stereocenters. The number of nitrogens with one attached hydrogen (secondary N) is 1. The van der Waals surface area contributed by atoms with E-state index in [2.05, 4.69) is 9.98 Å². The first-order chi connectivity index (χ1) is 10.7. The first-order valence-corrected chi connectivity index (χ1v) is 7.18. The van der Waals surface area contributed by atoms with Crippen LogP contribution in [0.5, 0.6) is 11.6 Å². The van der Waals surface area contributed by atoms with Gasteiger partial charge in [0.25, 0.3) is 0 Å². The fourth-order valence-corrected chi connectivity index (χ4v) is 2.55. The molecular weight excluding hydrogens is 300 g/mol. The van der Waals surface area contributed by atoms with E-state index in [1.807, 2.05) is 30.3 Å². The van der Waals surface area contributed by atoms with Gasteiger partial charge in [-0.25, -0.2) is 0 Å². The predicted octanol–water partition coefficient (Wildman–Crippen LogP) is 4.15. The van der Waals surface area contributed by atoms with Gasteiger partial charge in [0.2, 0.25) is 0 Å². The number of aliphatic imine (C=N–C) groups is 1. The minimum atomic E-state index is 0.0843. The predicted molar refractivity (Wildman–Crippen MR) is 89.3 cm³/mol. The maximum absolute atomic E-state index is 10.0. The van der Waals surface area contributed by atoms with Gasteiger partial charge in [-0.1, -0.05) is 35.9 Å². The fraction of sp³-hybridized carbons (Fsp3) is 0.118. The highest BCUT2D eigenvalue weighted by Crippen LogP contribution is 2.28. The Bertz CT molecular complexity index is 840. The maximum atomic E-state index is 10.0. The van der Waals surface area contributed by atoms with E-state index in [0.29, 0.717) is 17.1 Å². The molecule has 0 fully saturated rings. The highest BCUT2D eigenvalue weighted by atomic mass is 35.5. The highest BCUT2D eigenvalue weighted by molar-refractivity contribution is 6.31. The third-order valence-corrected chi connectivity index (χ3v) is 3.69. The SMILES string of the molecule is COc1ccccc1CN=Cc1c(O)[nH]c2cc(Cl)ccc12. The topological polar surface area (TPSA) is 57.6 Å². The summed E-state index contributed by atoms with van der Waals surface area (Å²) < 4.78 is 5.30. The summed E-state index contributed by atoms with van der Waals surface area (Å²) in [5.41, 5.74) is 2.42. The molecule has 0 aliphatic rings. The van der Waals surface area contributed by atoms with Gasteiger partial charge in [0.05, 0.1) is 24.7 Å². The van der Waals surface area contributed by atoms with Crippen LogP contribution in [-0.2, 0) is 6.54 Å². The Balaban J connectivity index is 1.88. The van der Waals surface area contributed by atoms with E-state index in [0.717, 1.165) is 22.2 Å². The number of halogens is 1. The van der Waals surface area contributed by atoms with Crippen LogP contribution in [0.25, 0.3) is 10.9 Å². The van der Waals surface area contributed by atoms with Crippen molar-refractivity contribution in [2.45, 2.75) is 6.54 Å². The van der Waals surface area contributed by atoms with Crippen molar-refractivity contribution < 1.29 is 9.84 Å². The number of aromatic hydroxyl groups is 1. The van der Waals surface area contributed by atoms with Gasteiger partial charge in [0.1, 0.15) is 5.75 Å². The minimum Gasteiger partial charge on any atom is -0.496 e. The molecule has 2 N–H and O–H groups in total. The van der Waals surface area contributed by atoms with Gasteiger partial charge in [-0.05, 0) is 18.2 Å². The second kappa shape index (κ2) is 6.12. The van der Waals surface area contributed by atoms with E-state index in [9.17, 15) is 5.11 Å². The highest BCUT2D eigenvalue weighted by Gasteiger charge is 2.09. The molecule has 2 aromatic carbocycles. The van der Waals surface area contributed by atoms with E-state index in [-0.39, 0.29) is 5.88 Å². The number of rotatable bonds is 4. The molecule has 3 aromatic rings. The average Bonchev–Trinajstić information content (AvgIpc) is 2.82. The van der Waals surface area contributed by atoms with Crippen molar-refractivity contribution >= 4 is 28.7 Å². The summed E-state index contributed by atoms with van der Waals surface area (Å²) in [4.78, 5) is 7.30. The van der Waals surface area contributed by atoms with Gasteiger partial charge in [-0.15, -0.1) is 0 Å². The number of benzene rings is 2. The second-order valence-electron chi connectivity index (χ2n) is 4.86. The number of H-pyrrole nitrogens is 1. The summed E-state index contributed by atoms with van der Waals surface area (Å²) >= 11 is 5.95. The molecule has 112 valence electrons. The van der Waals surface area contributed by atoms with Gasteiger partial charge in [-0.3, -0.25) is 4.99 Å². The van der Waals surface area contributed by atoms with Gasteiger partial charge in [0, 0.05) is 22.2 Å². The number of nitrogens with zero attached hydrogens (tertiary/aromatic N) is 1. The first-order valence-electron chi connectivity index (χ1n) is 6.81. The monoisotopic (exact) mass is 314 g/mol. The lowest BCUT2D eigenvalue weighted by molar-refractivity contribution is 0.410. The molecule has 0 aliphatic carbocycles. The zero-order valence-corrected chi connectivity index (χ0v) is 12.8. The molecule has 0 saturated carbocycles. The molecule has 22 heavy (non-hydrogen) atoms. The smallest absolute Gasteiger partial charge is 0.198 e. The van der Waals surface area contributed by atoms with Crippen molar-refractivity contribution in [1.29, 1.82) is 0 Å². The van der Waals surface area contributed by atoms with Crippen LogP contribution in [0.2, 0.25) is 5.02 Å². The summed E-state index contributed by atoms with van der Waals surface area (Å²) in [6, 6.07) is 13.1. The van der Waals surface area contributed by atoms with Crippen LogP contribution in [0.4, 0.5) is 0 Å². The van der Waals surface area contributed by atoms with Crippen LogP contribution in [-0.4, -0.2) is 23.4 Å². The third-order valence-electron chi connectivity index (χ3n) is 3.45. The Morgan fingerprint density at radius 2 is 2.09 bits per heavy atom. The van der Waals surface area contributed by atoms with Crippen molar-refractivity contribution in [2.24, 2.45) is 4.99 Å². The zero-order chi connectivity index (χ0) is 15.5. The molecule has 0 aliphatic heterocycles. The van der Waals surface area contributed by atoms with E-state index in [4.69, 9.17) is 16.3 Å². The number of methoxy groups -OCH3 is 1. The molecule has 0 bridgehead atoms. The summed E-state index contributed by atoms with van der Waals surface area (Å²) in [5, 5.41) is 11.5. The van der Waals surface area contributed by atoms with Crippen molar-refractivity contribution in [3.8, 4) is 11.6 Å². The largest absolute Gasteiger partial charge is 0.496 e. The summed E-state index contributed by atoms with van der Waals surface area (Å²) in [6.45, 7) is 0.476. The maximum Gasteiger partial charge on any atom is 0.198 e. The molecule has 3 rings (SSSR count). The Labute approximate surface area is 133 Å². The Morgan fingerprint density at radius 1 is 1.27 bits per heavy atom. The van der Waals surface area contributed by atoms with Gasteiger partial charge in [-0.2, -0.15) is 0 Å². The molecule has 1 heterocycles. The van der Waals surface area contributed by atoms with E-state index in [1.165, 1.54) is 0 Å². The van der Waals surface area contributed by atoms with Gasteiger partial charge >= 0.3 is 0 Å². The van der Waals surface area contributed by atoms with Crippen LogP contribution < -0.4 is 4.74 Å². The molecule has 0 radical (unpaired) electrons. The lowest BCUT2D eigenvalue weighted by atomic mass is 10.2. The van der Waals surface area contributed by atoms with Crippen LogP contribution in [0.1, 0.15) is 11.1 Å². The van der Waals surface area contributed by atoms with Crippen LogP contribution in [0.15, 0.2) is 47.5 Å². The number of hydrogen-bond acceptors (Lipinski definition) is 3. The van der Waals surface area contributed by atoms with Crippen molar-refractivity contribution in [2.75, 3.05) is 7.11 Å². The molecular formula is C17H15ClN2O2. The normalized spacial score (nSPS) is 11.4. The molecule has 5 heteroatoms. The lowest BCUT2D eigenvalue weighted by Crippen LogP contribution is -1.90. The molecule has 0 atom stereocenters. The standard InChI is InChI=1S/C17H15ClN2O2/c1-22-16-5-3-2-4-11(16)9-19-10-14-13-7-6-12(18)8-15(13)20-17(14)21/h2-8,10,20-21H,9H2,1H3. The Hall–Kier alpha value is -2.46. The summed E-state index contributed by atoms with van der Waals surface area (Å²) in [6.07, 6.45) is 1.66. The molecule has 1 aromatic heterocycles. The minimum absolute atomic E-state index is 0.0843. The number of aromatic nitrogens is 1. The first kappa shape index (κ1) is 14.5. The van der Waals surface area contributed by atoms with Crippen LogP contribution >= 0.6 is 11.6 Å². The van der Waals surface area contributed by atoms with Crippen LogP contribution in [0.3, 0.4) is 0 Å².